The molecule has 3 heterocycles. The van der Waals surface area contributed by atoms with Crippen molar-refractivity contribution in [1.29, 1.82) is 0 Å². The van der Waals surface area contributed by atoms with Gasteiger partial charge in [0.15, 0.2) is 0 Å². The Morgan fingerprint density at radius 2 is 0.883 bits per heavy atom. The molecule has 7 aromatic rings. The largest absolute Gasteiger partial charge is 0.310 e. The normalized spacial score (nSPS) is 12.6. The molecule has 0 N–H and O–H groups in total. The number of rotatable bonds is 20. The molecular formula is C56H60N4. The second kappa shape index (κ2) is 19.9. The van der Waals surface area contributed by atoms with Crippen molar-refractivity contribution in [3.63, 3.8) is 0 Å². The highest BCUT2D eigenvalue weighted by atomic mass is 15.1. The van der Waals surface area contributed by atoms with Crippen LogP contribution in [-0.4, -0.2) is 15.0 Å². The van der Waals surface area contributed by atoms with E-state index in [2.05, 4.69) is 128 Å². The molecule has 0 amide bonds. The molecule has 1 aliphatic carbocycles. The molecule has 0 radical (unpaired) electrons. The summed E-state index contributed by atoms with van der Waals surface area (Å²) < 4.78 is 0. The standard InChI is InChI=1S/C56H60N4/c1-3-5-7-9-11-21-35-56(36-22-12-10-8-6-4-2)50-39-43(44-40-54(52-29-19-23-37-57-52)59-55(41-44)53-30-20-24-38-58-53)31-33-48(50)49-34-32-47(42-51(49)56)60(45-25-15-13-16-26-45)46-27-17-14-18-28-46/h13-20,23-34,37-42H,3-12,21-22,35-36H2,1-2H3. The van der Waals surface area contributed by atoms with Gasteiger partial charge in [-0.1, -0.05) is 158 Å². The summed E-state index contributed by atoms with van der Waals surface area (Å²) in [5, 5.41) is 0. The van der Waals surface area contributed by atoms with E-state index >= 15 is 0 Å². The van der Waals surface area contributed by atoms with Crippen molar-refractivity contribution in [2.45, 2.75) is 109 Å². The number of aromatic nitrogens is 3. The quantitative estimate of drug-likeness (QED) is 0.0722. The molecule has 3 aromatic heterocycles. The van der Waals surface area contributed by atoms with E-state index in [1.54, 1.807) is 0 Å². The van der Waals surface area contributed by atoms with Crippen LogP contribution < -0.4 is 4.90 Å². The third kappa shape index (κ3) is 9.14. The zero-order valence-corrected chi connectivity index (χ0v) is 35.7. The first kappa shape index (κ1) is 40.9. The molecule has 0 atom stereocenters. The maximum absolute atomic E-state index is 5.12. The summed E-state index contributed by atoms with van der Waals surface area (Å²) in [5.74, 6) is 0. The number of nitrogens with zero attached hydrogens (tertiary/aromatic N) is 4. The first-order chi connectivity index (χ1) is 29.7. The SMILES string of the molecule is CCCCCCCCC1(CCCCCCCC)c2cc(-c3cc(-c4ccccn4)nc(-c4ccccn4)c3)ccc2-c2ccc(N(c3ccccc3)c3ccccc3)cc21. The van der Waals surface area contributed by atoms with E-state index in [0.29, 0.717) is 0 Å². The molecule has 4 heteroatoms. The van der Waals surface area contributed by atoms with Crippen LogP contribution in [0.3, 0.4) is 0 Å². The number of fused-ring (bicyclic) bond motifs is 3. The van der Waals surface area contributed by atoms with Crippen molar-refractivity contribution in [2.75, 3.05) is 4.90 Å². The summed E-state index contributed by atoms with van der Waals surface area (Å²) in [7, 11) is 0. The van der Waals surface area contributed by atoms with Gasteiger partial charge in [0.25, 0.3) is 0 Å². The highest BCUT2D eigenvalue weighted by Gasteiger charge is 2.43. The molecule has 60 heavy (non-hydrogen) atoms. The molecule has 304 valence electrons. The van der Waals surface area contributed by atoms with Gasteiger partial charge in [-0.25, -0.2) is 4.98 Å². The van der Waals surface area contributed by atoms with E-state index in [-0.39, 0.29) is 5.41 Å². The van der Waals surface area contributed by atoms with Crippen LogP contribution >= 0.6 is 0 Å². The molecule has 0 aliphatic heterocycles. The molecule has 0 unspecified atom stereocenters. The number of hydrogen-bond donors (Lipinski definition) is 0. The minimum atomic E-state index is -0.105. The summed E-state index contributed by atoms with van der Waals surface area (Å²) in [6, 6.07) is 52.9. The Kier molecular flexibility index (Phi) is 13.6. The third-order valence-electron chi connectivity index (χ3n) is 12.6. The molecule has 0 saturated carbocycles. The molecule has 0 bridgehead atoms. The van der Waals surface area contributed by atoms with Crippen LogP contribution in [-0.2, 0) is 5.41 Å². The maximum Gasteiger partial charge on any atom is 0.0900 e. The summed E-state index contributed by atoms with van der Waals surface area (Å²) in [6.45, 7) is 4.62. The Hall–Kier alpha value is -5.87. The van der Waals surface area contributed by atoms with Crippen molar-refractivity contribution in [1.82, 2.24) is 15.0 Å². The number of pyridine rings is 3. The highest BCUT2D eigenvalue weighted by molar-refractivity contribution is 5.88. The Bertz CT molecular complexity index is 2300. The Balaban J connectivity index is 1.28. The Labute approximate surface area is 358 Å². The number of unbranched alkanes of at least 4 members (excludes halogenated alkanes) is 10. The third-order valence-corrected chi connectivity index (χ3v) is 12.6. The van der Waals surface area contributed by atoms with Crippen LogP contribution in [0.4, 0.5) is 17.1 Å². The fourth-order valence-corrected chi connectivity index (χ4v) is 9.47. The van der Waals surface area contributed by atoms with Crippen LogP contribution in [0.25, 0.3) is 45.0 Å². The molecule has 1 aliphatic rings. The molecule has 8 rings (SSSR count). The zero-order chi connectivity index (χ0) is 41.0. The summed E-state index contributed by atoms with van der Waals surface area (Å²) in [4.78, 5) is 17.0. The van der Waals surface area contributed by atoms with E-state index in [4.69, 9.17) is 15.0 Å². The van der Waals surface area contributed by atoms with Crippen LogP contribution in [0.5, 0.6) is 0 Å². The average Bonchev–Trinajstić information content (AvgIpc) is 3.58. The van der Waals surface area contributed by atoms with Gasteiger partial charge in [0, 0.05) is 34.9 Å². The van der Waals surface area contributed by atoms with Gasteiger partial charge in [0.05, 0.1) is 22.8 Å². The van der Waals surface area contributed by atoms with Gasteiger partial charge in [-0.05, 0) is 125 Å². The van der Waals surface area contributed by atoms with Crippen LogP contribution in [0.15, 0.2) is 158 Å². The minimum Gasteiger partial charge on any atom is -0.310 e. The number of benzene rings is 4. The van der Waals surface area contributed by atoms with Crippen molar-refractivity contribution in [3.05, 3.63) is 169 Å². The maximum atomic E-state index is 5.12. The number of anilines is 3. The van der Waals surface area contributed by atoms with Gasteiger partial charge in [0.2, 0.25) is 0 Å². The lowest BCUT2D eigenvalue weighted by Crippen LogP contribution is -2.26. The van der Waals surface area contributed by atoms with E-state index in [0.717, 1.165) is 41.2 Å². The van der Waals surface area contributed by atoms with E-state index in [1.807, 2.05) is 48.8 Å². The predicted octanol–water partition coefficient (Wildman–Crippen LogP) is 16.1. The van der Waals surface area contributed by atoms with E-state index < -0.39 is 0 Å². The molecule has 4 aromatic carbocycles. The van der Waals surface area contributed by atoms with Gasteiger partial charge in [-0.3, -0.25) is 9.97 Å². The second-order valence-corrected chi connectivity index (χ2v) is 16.7. The molecule has 0 saturated heterocycles. The smallest absolute Gasteiger partial charge is 0.0900 e. The first-order valence-corrected chi connectivity index (χ1v) is 22.7. The van der Waals surface area contributed by atoms with Gasteiger partial charge in [0.1, 0.15) is 0 Å². The van der Waals surface area contributed by atoms with Gasteiger partial charge in [-0.2, -0.15) is 0 Å². The second-order valence-electron chi connectivity index (χ2n) is 16.7. The minimum absolute atomic E-state index is 0.105. The Morgan fingerprint density at radius 1 is 0.400 bits per heavy atom. The lowest BCUT2D eigenvalue weighted by molar-refractivity contribution is 0.398. The average molecular weight is 789 g/mol. The molecule has 4 nitrogen and oxygen atoms in total. The van der Waals surface area contributed by atoms with Crippen LogP contribution in [0.2, 0.25) is 0 Å². The predicted molar refractivity (Wildman–Crippen MR) is 253 cm³/mol. The lowest BCUT2D eigenvalue weighted by Gasteiger charge is -2.34. The van der Waals surface area contributed by atoms with Gasteiger partial charge >= 0.3 is 0 Å². The summed E-state index contributed by atoms with van der Waals surface area (Å²) in [5.41, 5.74) is 15.0. The first-order valence-electron chi connectivity index (χ1n) is 22.7. The van der Waals surface area contributed by atoms with Crippen LogP contribution in [0, 0.1) is 0 Å². The molecule has 0 spiro atoms. The zero-order valence-electron chi connectivity index (χ0n) is 35.7. The lowest BCUT2D eigenvalue weighted by atomic mass is 9.70. The van der Waals surface area contributed by atoms with Gasteiger partial charge < -0.3 is 4.90 Å². The number of para-hydroxylation sites is 2. The molecule has 0 fully saturated rings. The highest BCUT2D eigenvalue weighted by Crippen LogP contribution is 2.56. The molecular weight excluding hydrogens is 729 g/mol. The van der Waals surface area contributed by atoms with Crippen LogP contribution in [0.1, 0.15) is 115 Å². The fourth-order valence-electron chi connectivity index (χ4n) is 9.47. The van der Waals surface area contributed by atoms with Crippen molar-refractivity contribution >= 4 is 17.1 Å². The number of hydrogen-bond acceptors (Lipinski definition) is 4. The van der Waals surface area contributed by atoms with E-state index in [9.17, 15) is 0 Å². The summed E-state index contributed by atoms with van der Waals surface area (Å²) in [6.07, 6.45) is 21.4. The van der Waals surface area contributed by atoms with Gasteiger partial charge in [-0.15, -0.1) is 0 Å². The fraction of sp³-hybridized carbons (Fsp3) is 0.304. The van der Waals surface area contributed by atoms with Crippen molar-refractivity contribution in [3.8, 4) is 45.0 Å². The topological polar surface area (TPSA) is 41.9 Å². The monoisotopic (exact) mass is 788 g/mol. The van der Waals surface area contributed by atoms with Crippen molar-refractivity contribution in [2.24, 2.45) is 0 Å². The van der Waals surface area contributed by atoms with Crippen molar-refractivity contribution < 1.29 is 0 Å². The Morgan fingerprint density at radius 3 is 1.40 bits per heavy atom. The summed E-state index contributed by atoms with van der Waals surface area (Å²) >= 11 is 0. The van der Waals surface area contributed by atoms with E-state index in [1.165, 1.54) is 122 Å².